The predicted octanol–water partition coefficient (Wildman–Crippen LogP) is 2.33. The van der Waals surface area contributed by atoms with Gasteiger partial charge in [0, 0.05) is 20.6 Å². The van der Waals surface area contributed by atoms with Crippen LogP contribution in [0.25, 0.3) is 0 Å². The number of benzene rings is 2. The first-order chi connectivity index (χ1) is 13.0. The Morgan fingerprint density at radius 3 is 2.41 bits per heavy atom. The molecule has 0 heterocycles. The Morgan fingerprint density at radius 1 is 1.07 bits per heavy atom. The van der Waals surface area contributed by atoms with E-state index in [1.165, 1.54) is 11.1 Å². The number of hydrogen-bond acceptors (Lipinski definition) is 3. The molecule has 0 aromatic heterocycles. The third-order valence-electron chi connectivity index (χ3n) is 4.19. The second-order valence-corrected chi connectivity index (χ2v) is 6.43. The summed E-state index contributed by atoms with van der Waals surface area (Å²) in [6.45, 7) is 3.41. The first-order valence-corrected chi connectivity index (χ1v) is 8.89. The van der Waals surface area contributed by atoms with E-state index in [-0.39, 0.29) is 12.5 Å². The Labute approximate surface area is 161 Å². The molecule has 0 radical (unpaired) electrons. The van der Waals surface area contributed by atoms with Crippen LogP contribution < -0.4 is 15.4 Å². The number of nitrogens with zero attached hydrogens (tertiary/aromatic N) is 2. The molecule has 6 nitrogen and oxygen atoms in total. The maximum absolute atomic E-state index is 11.9. The molecule has 2 aromatic rings. The van der Waals surface area contributed by atoms with Gasteiger partial charge in [0.1, 0.15) is 5.75 Å². The van der Waals surface area contributed by atoms with E-state index in [0.717, 1.165) is 11.3 Å². The van der Waals surface area contributed by atoms with Crippen molar-refractivity contribution in [3.63, 3.8) is 0 Å². The SMILES string of the molecule is COc1ccc(CN=C(NCC(=O)N(C)C)NCc2ccccc2C)cc1. The Hall–Kier alpha value is -3.02. The first kappa shape index (κ1) is 20.3. The number of nitrogens with one attached hydrogen (secondary N) is 2. The lowest BCUT2D eigenvalue weighted by molar-refractivity contribution is -0.127. The van der Waals surface area contributed by atoms with Crippen LogP contribution in [0.3, 0.4) is 0 Å². The number of aryl methyl sites for hydroxylation is 1. The van der Waals surface area contributed by atoms with Crippen molar-refractivity contribution in [2.24, 2.45) is 4.99 Å². The molecule has 2 rings (SSSR count). The van der Waals surface area contributed by atoms with Crippen molar-refractivity contribution >= 4 is 11.9 Å². The van der Waals surface area contributed by atoms with E-state index in [1.807, 2.05) is 36.4 Å². The summed E-state index contributed by atoms with van der Waals surface area (Å²) < 4.78 is 5.18. The maximum Gasteiger partial charge on any atom is 0.241 e. The summed E-state index contributed by atoms with van der Waals surface area (Å²) in [5, 5.41) is 6.41. The number of rotatable bonds is 7. The average molecular weight is 368 g/mol. The number of methoxy groups -OCH3 is 1. The molecule has 0 saturated carbocycles. The molecular weight excluding hydrogens is 340 g/mol. The highest BCUT2D eigenvalue weighted by molar-refractivity contribution is 5.86. The Bertz CT molecular complexity index is 770. The highest BCUT2D eigenvalue weighted by Crippen LogP contribution is 2.12. The zero-order chi connectivity index (χ0) is 19.6. The van der Waals surface area contributed by atoms with Crippen molar-refractivity contribution in [2.45, 2.75) is 20.0 Å². The van der Waals surface area contributed by atoms with E-state index in [4.69, 9.17) is 4.74 Å². The van der Waals surface area contributed by atoms with Crippen molar-refractivity contribution < 1.29 is 9.53 Å². The second-order valence-electron chi connectivity index (χ2n) is 6.43. The van der Waals surface area contributed by atoms with Crippen LogP contribution in [0.2, 0.25) is 0 Å². The predicted molar refractivity (Wildman–Crippen MR) is 109 cm³/mol. The fourth-order valence-electron chi connectivity index (χ4n) is 2.38. The van der Waals surface area contributed by atoms with Crippen molar-refractivity contribution in [2.75, 3.05) is 27.7 Å². The summed E-state index contributed by atoms with van der Waals surface area (Å²) in [7, 11) is 5.12. The molecule has 0 aliphatic heterocycles. The lowest BCUT2D eigenvalue weighted by atomic mass is 10.1. The van der Waals surface area contributed by atoms with Gasteiger partial charge < -0.3 is 20.3 Å². The quantitative estimate of drug-likeness (QED) is 0.581. The highest BCUT2D eigenvalue weighted by Gasteiger charge is 2.07. The minimum absolute atomic E-state index is 0.00941. The number of ether oxygens (including phenoxy) is 1. The average Bonchev–Trinajstić information content (AvgIpc) is 2.68. The summed E-state index contributed by atoms with van der Waals surface area (Å²) in [6.07, 6.45) is 0. The summed E-state index contributed by atoms with van der Waals surface area (Å²) in [5.41, 5.74) is 3.46. The Kier molecular flexibility index (Phi) is 7.67. The standard InChI is InChI=1S/C21H28N4O2/c1-16-7-5-6-8-18(16)14-23-21(24-15-20(26)25(2)3)22-13-17-9-11-19(27-4)12-10-17/h5-12H,13-15H2,1-4H3,(H2,22,23,24). The number of aliphatic imine (C=N–C) groups is 1. The van der Waals surface area contributed by atoms with E-state index >= 15 is 0 Å². The summed E-state index contributed by atoms with van der Waals surface area (Å²) in [4.78, 5) is 18.0. The number of carbonyl (C=O) groups excluding carboxylic acids is 1. The minimum atomic E-state index is -0.00941. The number of hydrogen-bond donors (Lipinski definition) is 2. The van der Waals surface area contributed by atoms with Gasteiger partial charge in [0.05, 0.1) is 20.2 Å². The molecule has 0 atom stereocenters. The van der Waals surface area contributed by atoms with Gasteiger partial charge >= 0.3 is 0 Å². The van der Waals surface area contributed by atoms with Gasteiger partial charge in [-0.15, -0.1) is 0 Å². The lowest BCUT2D eigenvalue weighted by Gasteiger charge is -2.15. The van der Waals surface area contributed by atoms with E-state index < -0.39 is 0 Å². The van der Waals surface area contributed by atoms with E-state index in [9.17, 15) is 4.79 Å². The normalized spacial score (nSPS) is 11.0. The van der Waals surface area contributed by atoms with Crippen molar-refractivity contribution in [1.29, 1.82) is 0 Å². The maximum atomic E-state index is 11.9. The van der Waals surface area contributed by atoms with Gasteiger partial charge in [0.25, 0.3) is 0 Å². The molecular formula is C21H28N4O2. The molecule has 6 heteroatoms. The Balaban J connectivity index is 2.04. The molecule has 0 fully saturated rings. The summed E-state index contributed by atoms with van der Waals surface area (Å²) in [5.74, 6) is 1.41. The van der Waals surface area contributed by atoms with Crippen LogP contribution in [0.15, 0.2) is 53.5 Å². The zero-order valence-electron chi connectivity index (χ0n) is 16.5. The topological polar surface area (TPSA) is 66.0 Å². The summed E-state index contributed by atoms with van der Waals surface area (Å²) in [6, 6.07) is 16.0. The van der Waals surface area contributed by atoms with Gasteiger partial charge in [-0.25, -0.2) is 4.99 Å². The zero-order valence-corrected chi connectivity index (χ0v) is 16.5. The molecule has 0 saturated heterocycles. The molecule has 2 aromatic carbocycles. The molecule has 0 unspecified atom stereocenters. The monoisotopic (exact) mass is 368 g/mol. The van der Waals surface area contributed by atoms with Gasteiger partial charge in [-0.1, -0.05) is 36.4 Å². The lowest BCUT2D eigenvalue weighted by Crippen LogP contribution is -2.42. The largest absolute Gasteiger partial charge is 0.497 e. The molecule has 2 N–H and O–H groups in total. The number of guanidine groups is 1. The van der Waals surface area contributed by atoms with Gasteiger partial charge in [0.2, 0.25) is 5.91 Å². The molecule has 0 aliphatic carbocycles. The third-order valence-corrected chi connectivity index (χ3v) is 4.19. The first-order valence-electron chi connectivity index (χ1n) is 8.89. The van der Waals surface area contributed by atoms with Gasteiger partial charge in [-0.3, -0.25) is 4.79 Å². The smallest absolute Gasteiger partial charge is 0.241 e. The summed E-state index contributed by atoms with van der Waals surface area (Å²) >= 11 is 0. The van der Waals surface area contributed by atoms with Crippen molar-refractivity contribution in [3.05, 3.63) is 65.2 Å². The van der Waals surface area contributed by atoms with Crippen LogP contribution in [-0.2, 0) is 17.9 Å². The van der Waals surface area contributed by atoms with E-state index in [1.54, 1.807) is 26.1 Å². The van der Waals surface area contributed by atoms with Crippen LogP contribution in [0, 0.1) is 6.92 Å². The molecule has 0 bridgehead atoms. The Morgan fingerprint density at radius 2 is 1.78 bits per heavy atom. The van der Waals surface area contributed by atoms with Gasteiger partial charge in [-0.05, 0) is 35.7 Å². The van der Waals surface area contributed by atoms with Crippen LogP contribution in [0.5, 0.6) is 5.75 Å². The molecule has 1 amide bonds. The fraction of sp³-hybridized carbons (Fsp3) is 0.333. The highest BCUT2D eigenvalue weighted by atomic mass is 16.5. The van der Waals surface area contributed by atoms with Gasteiger partial charge in [0.15, 0.2) is 5.96 Å². The molecule has 0 aliphatic rings. The van der Waals surface area contributed by atoms with E-state index in [2.05, 4.69) is 34.7 Å². The van der Waals surface area contributed by atoms with Crippen LogP contribution >= 0.6 is 0 Å². The minimum Gasteiger partial charge on any atom is -0.497 e. The van der Waals surface area contributed by atoms with E-state index in [0.29, 0.717) is 19.0 Å². The van der Waals surface area contributed by atoms with Crippen LogP contribution in [-0.4, -0.2) is 44.5 Å². The number of likely N-dealkylation sites (N-methyl/N-ethyl adjacent to an activating group) is 1. The van der Waals surface area contributed by atoms with Crippen LogP contribution in [0.1, 0.15) is 16.7 Å². The molecule has 27 heavy (non-hydrogen) atoms. The van der Waals surface area contributed by atoms with Crippen LogP contribution in [0.4, 0.5) is 0 Å². The third kappa shape index (κ3) is 6.66. The van der Waals surface area contributed by atoms with Gasteiger partial charge in [-0.2, -0.15) is 0 Å². The molecule has 144 valence electrons. The molecule has 0 spiro atoms. The number of amides is 1. The fourth-order valence-corrected chi connectivity index (χ4v) is 2.38. The second kappa shape index (κ2) is 10.2. The van der Waals surface area contributed by atoms with Crippen molar-refractivity contribution in [3.8, 4) is 5.75 Å². The van der Waals surface area contributed by atoms with Crippen molar-refractivity contribution in [1.82, 2.24) is 15.5 Å². The number of carbonyl (C=O) groups is 1.